The molecule has 0 bridgehead atoms. The molecular weight excluding hydrogens is 433 g/mol. The summed E-state index contributed by atoms with van der Waals surface area (Å²) in [6.45, 7) is 1.69. The van der Waals surface area contributed by atoms with Crippen LogP contribution in [0.3, 0.4) is 0 Å². The van der Waals surface area contributed by atoms with Gasteiger partial charge in [0.1, 0.15) is 5.76 Å². The fraction of sp³-hybridized carbons (Fsp3) is 0.190. The van der Waals surface area contributed by atoms with Gasteiger partial charge in [-0.25, -0.2) is 12.7 Å². The quantitative estimate of drug-likeness (QED) is 0.605. The molecule has 0 spiro atoms. The van der Waals surface area contributed by atoms with Crippen LogP contribution in [0.1, 0.15) is 21.7 Å². The lowest BCUT2D eigenvalue weighted by molar-refractivity contribution is -0.137. The van der Waals surface area contributed by atoms with Crippen LogP contribution in [-0.2, 0) is 16.2 Å². The molecule has 6 nitrogen and oxygen atoms in total. The smallest absolute Gasteiger partial charge is 0.416 e. The molecule has 3 rings (SSSR count). The predicted molar refractivity (Wildman–Crippen MR) is 109 cm³/mol. The Morgan fingerprint density at radius 1 is 1.03 bits per heavy atom. The van der Waals surface area contributed by atoms with Crippen molar-refractivity contribution >= 4 is 21.6 Å². The van der Waals surface area contributed by atoms with E-state index >= 15 is 0 Å². The van der Waals surface area contributed by atoms with E-state index in [-0.39, 0.29) is 27.7 Å². The normalized spacial score (nSPS) is 12.2. The number of rotatable bonds is 5. The molecule has 2 aromatic carbocycles. The molecule has 0 aliphatic carbocycles. The first-order valence-corrected chi connectivity index (χ1v) is 10.5. The number of amides is 1. The zero-order chi connectivity index (χ0) is 23.0. The van der Waals surface area contributed by atoms with Crippen molar-refractivity contribution in [3.05, 3.63) is 71.5 Å². The number of carbonyl (C=O) groups is 1. The minimum atomic E-state index is -4.50. The standard InChI is InChI=1S/C21H19F3N2O4S/c1-13-7-8-16(31(28,29)26(2)3)12-17(13)25-20(27)19-10-9-18(30-19)14-5-4-6-15(11-14)21(22,23)24/h4-12H,1-3H3,(H,25,27). The highest BCUT2D eigenvalue weighted by Gasteiger charge is 2.30. The van der Waals surface area contributed by atoms with Gasteiger partial charge in [-0.1, -0.05) is 18.2 Å². The minimum absolute atomic E-state index is 0.00231. The highest BCUT2D eigenvalue weighted by molar-refractivity contribution is 7.89. The first-order valence-electron chi connectivity index (χ1n) is 9.01. The summed E-state index contributed by atoms with van der Waals surface area (Å²) >= 11 is 0. The number of halogens is 3. The molecule has 1 heterocycles. The van der Waals surface area contributed by atoms with E-state index in [9.17, 15) is 26.4 Å². The number of aryl methyl sites for hydroxylation is 1. The summed E-state index contributed by atoms with van der Waals surface area (Å²) in [5.74, 6) is -0.703. The largest absolute Gasteiger partial charge is 0.451 e. The summed E-state index contributed by atoms with van der Waals surface area (Å²) in [4.78, 5) is 12.6. The SMILES string of the molecule is Cc1ccc(S(=O)(=O)N(C)C)cc1NC(=O)c1ccc(-c2cccc(C(F)(F)F)c2)o1. The van der Waals surface area contributed by atoms with Crippen LogP contribution in [0.15, 0.2) is 63.9 Å². The van der Waals surface area contributed by atoms with E-state index in [2.05, 4.69) is 5.32 Å². The summed E-state index contributed by atoms with van der Waals surface area (Å²) in [5.41, 5.74) is 0.228. The molecule has 1 aromatic heterocycles. The number of nitrogens with zero attached hydrogens (tertiary/aromatic N) is 1. The maximum Gasteiger partial charge on any atom is 0.416 e. The van der Waals surface area contributed by atoms with Crippen molar-refractivity contribution in [2.45, 2.75) is 18.0 Å². The first kappa shape index (κ1) is 22.6. The zero-order valence-electron chi connectivity index (χ0n) is 16.8. The fourth-order valence-corrected chi connectivity index (χ4v) is 3.68. The second kappa shape index (κ2) is 8.20. The van der Waals surface area contributed by atoms with Gasteiger partial charge < -0.3 is 9.73 Å². The van der Waals surface area contributed by atoms with Crippen molar-refractivity contribution in [2.75, 3.05) is 19.4 Å². The Labute approximate surface area is 177 Å². The topological polar surface area (TPSA) is 79.6 Å². The summed E-state index contributed by atoms with van der Waals surface area (Å²) in [5, 5.41) is 2.58. The van der Waals surface area contributed by atoms with Gasteiger partial charge in [0.05, 0.1) is 10.5 Å². The summed E-state index contributed by atoms with van der Waals surface area (Å²) in [6, 6.07) is 11.6. The third-order valence-corrected chi connectivity index (χ3v) is 6.35. The van der Waals surface area contributed by atoms with Crippen LogP contribution in [0.5, 0.6) is 0 Å². The highest BCUT2D eigenvalue weighted by Crippen LogP contribution is 2.33. The van der Waals surface area contributed by atoms with Gasteiger partial charge in [-0.3, -0.25) is 4.79 Å². The van der Waals surface area contributed by atoms with Crippen LogP contribution in [0, 0.1) is 6.92 Å². The molecule has 3 aromatic rings. The van der Waals surface area contributed by atoms with Gasteiger partial charge in [-0.15, -0.1) is 0 Å². The number of nitrogens with one attached hydrogen (secondary N) is 1. The number of anilines is 1. The maximum absolute atomic E-state index is 12.9. The Morgan fingerprint density at radius 3 is 2.39 bits per heavy atom. The molecular formula is C21H19F3N2O4S. The molecule has 0 atom stereocenters. The Hall–Kier alpha value is -3.11. The van der Waals surface area contributed by atoms with Crippen molar-refractivity contribution in [3.63, 3.8) is 0 Å². The molecule has 31 heavy (non-hydrogen) atoms. The summed E-state index contributed by atoms with van der Waals surface area (Å²) < 4.78 is 69.9. The van der Waals surface area contributed by atoms with E-state index in [1.807, 2.05) is 0 Å². The molecule has 1 N–H and O–H groups in total. The van der Waals surface area contributed by atoms with Gasteiger partial charge in [0.15, 0.2) is 5.76 Å². The third kappa shape index (κ3) is 4.80. The molecule has 1 amide bonds. The van der Waals surface area contributed by atoms with Crippen molar-refractivity contribution in [3.8, 4) is 11.3 Å². The highest BCUT2D eigenvalue weighted by atomic mass is 32.2. The van der Waals surface area contributed by atoms with E-state index in [1.54, 1.807) is 13.0 Å². The van der Waals surface area contributed by atoms with Crippen LogP contribution in [0.4, 0.5) is 18.9 Å². The lowest BCUT2D eigenvalue weighted by atomic mass is 10.1. The van der Waals surface area contributed by atoms with Crippen LogP contribution in [-0.4, -0.2) is 32.7 Å². The van der Waals surface area contributed by atoms with Crippen LogP contribution in [0.25, 0.3) is 11.3 Å². The second-order valence-corrected chi connectivity index (χ2v) is 9.11. The van der Waals surface area contributed by atoms with Gasteiger partial charge in [0, 0.05) is 25.3 Å². The van der Waals surface area contributed by atoms with E-state index in [4.69, 9.17) is 4.42 Å². The Balaban J connectivity index is 1.86. The molecule has 10 heteroatoms. The Morgan fingerprint density at radius 2 is 1.74 bits per heavy atom. The first-order chi connectivity index (χ1) is 14.4. The lowest BCUT2D eigenvalue weighted by Crippen LogP contribution is -2.22. The number of benzene rings is 2. The number of hydrogen-bond donors (Lipinski definition) is 1. The van der Waals surface area contributed by atoms with E-state index in [1.165, 1.54) is 50.5 Å². The zero-order valence-corrected chi connectivity index (χ0v) is 17.6. The summed E-state index contributed by atoms with van der Waals surface area (Å²) in [7, 11) is -0.909. The molecule has 0 fully saturated rings. The Kier molecular flexibility index (Phi) is 5.97. The monoisotopic (exact) mass is 452 g/mol. The van der Waals surface area contributed by atoms with E-state index < -0.39 is 27.7 Å². The van der Waals surface area contributed by atoms with Gasteiger partial charge in [0.25, 0.3) is 5.91 Å². The molecule has 0 aliphatic heterocycles. The Bertz CT molecular complexity index is 1230. The predicted octanol–water partition coefficient (Wildman–Crippen LogP) is 4.78. The molecule has 0 radical (unpaired) electrons. The van der Waals surface area contributed by atoms with Crippen LogP contribution in [0.2, 0.25) is 0 Å². The van der Waals surface area contributed by atoms with Crippen LogP contribution < -0.4 is 5.32 Å². The van der Waals surface area contributed by atoms with E-state index in [0.29, 0.717) is 5.56 Å². The average molecular weight is 452 g/mol. The summed E-state index contributed by atoms with van der Waals surface area (Å²) in [6.07, 6.45) is -4.50. The number of alkyl halides is 3. The second-order valence-electron chi connectivity index (χ2n) is 6.96. The van der Waals surface area contributed by atoms with E-state index in [0.717, 1.165) is 16.4 Å². The van der Waals surface area contributed by atoms with Crippen molar-refractivity contribution in [1.82, 2.24) is 4.31 Å². The molecule has 0 aliphatic rings. The molecule has 0 unspecified atom stereocenters. The van der Waals surface area contributed by atoms with Crippen molar-refractivity contribution in [2.24, 2.45) is 0 Å². The van der Waals surface area contributed by atoms with Crippen molar-refractivity contribution in [1.29, 1.82) is 0 Å². The third-order valence-electron chi connectivity index (χ3n) is 4.54. The number of carbonyl (C=O) groups excluding carboxylic acids is 1. The average Bonchev–Trinajstić information content (AvgIpc) is 3.19. The minimum Gasteiger partial charge on any atom is -0.451 e. The number of hydrogen-bond acceptors (Lipinski definition) is 4. The molecule has 0 saturated carbocycles. The molecule has 164 valence electrons. The van der Waals surface area contributed by atoms with Crippen LogP contribution >= 0.6 is 0 Å². The maximum atomic E-state index is 12.9. The van der Waals surface area contributed by atoms with Gasteiger partial charge >= 0.3 is 6.18 Å². The lowest BCUT2D eigenvalue weighted by Gasteiger charge is -2.14. The van der Waals surface area contributed by atoms with Crippen molar-refractivity contribution < 1.29 is 30.8 Å². The van der Waals surface area contributed by atoms with Gasteiger partial charge in [-0.05, 0) is 48.9 Å². The van der Waals surface area contributed by atoms with Gasteiger partial charge in [0.2, 0.25) is 10.0 Å². The fourth-order valence-electron chi connectivity index (χ4n) is 2.75. The molecule has 0 saturated heterocycles. The van der Waals surface area contributed by atoms with Gasteiger partial charge in [-0.2, -0.15) is 13.2 Å². The number of sulfonamides is 1. The number of furan rings is 1.